The lowest BCUT2D eigenvalue weighted by Crippen LogP contribution is -2.46. The van der Waals surface area contributed by atoms with E-state index in [2.05, 4.69) is 30.5 Å². The molecule has 1 atom stereocenters. The summed E-state index contributed by atoms with van der Waals surface area (Å²) in [6.45, 7) is 2.59. The van der Waals surface area contributed by atoms with E-state index in [4.69, 9.17) is 5.53 Å². The molecular weight excluding hydrogens is 392 g/mol. The van der Waals surface area contributed by atoms with Gasteiger partial charge in [-0.25, -0.2) is 5.43 Å². The number of benzene rings is 1. The molecular formula is C22H26N8O. The van der Waals surface area contributed by atoms with Crippen LogP contribution in [0.2, 0.25) is 0 Å². The topological polar surface area (TPSA) is 113 Å². The van der Waals surface area contributed by atoms with E-state index in [0.717, 1.165) is 49.1 Å². The van der Waals surface area contributed by atoms with E-state index in [1.165, 1.54) is 11.3 Å². The Hall–Kier alpha value is -3.29. The third-order valence-corrected chi connectivity index (χ3v) is 6.49. The molecule has 0 radical (unpaired) electrons. The molecule has 0 saturated heterocycles. The number of rotatable bonds is 6. The molecule has 9 nitrogen and oxygen atoms in total. The SMILES string of the molecule is Cc1ccccc1N1NCC(C(=O)N(C2CC2)C2CCc3[nH]ncc3C2)=C1CN=[N+]=[N-]. The van der Waals surface area contributed by atoms with E-state index in [0.29, 0.717) is 18.2 Å². The van der Waals surface area contributed by atoms with Crippen LogP contribution < -0.4 is 10.4 Å². The molecule has 2 aliphatic carbocycles. The lowest BCUT2D eigenvalue weighted by atomic mass is 9.91. The zero-order valence-electron chi connectivity index (χ0n) is 17.6. The second-order valence-corrected chi connectivity index (χ2v) is 8.49. The maximum atomic E-state index is 13.9. The van der Waals surface area contributed by atoms with Gasteiger partial charge in [0.25, 0.3) is 5.91 Å². The summed E-state index contributed by atoms with van der Waals surface area (Å²) in [5.74, 6) is 0.0613. The monoisotopic (exact) mass is 418 g/mol. The number of anilines is 1. The lowest BCUT2D eigenvalue weighted by Gasteiger charge is -2.35. The van der Waals surface area contributed by atoms with Crippen molar-refractivity contribution in [2.24, 2.45) is 5.11 Å². The number of para-hydroxylation sites is 1. The highest BCUT2D eigenvalue weighted by molar-refractivity contribution is 5.97. The number of H-pyrrole nitrogens is 1. The summed E-state index contributed by atoms with van der Waals surface area (Å²) >= 11 is 0. The first-order valence-corrected chi connectivity index (χ1v) is 10.8. The van der Waals surface area contributed by atoms with E-state index in [9.17, 15) is 4.79 Å². The van der Waals surface area contributed by atoms with Crippen LogP contribution in [-0.2, 0) is 17.6 Å². The molecule has 5 rings (SSSR count). The molecule has 1 saturated carbocycles. The number of carbonyl (C=O) groups excluding carboxylic acids is 1. The summed E-state index contributed by atoms with van der Waals surface area (Å²) in [6.07, 6.45) is 6.67. The van der Waals surface area contributed by atoms with Crippen LogP contribution in [0.3, 0.4) is 0 Å². The van der Waals surface area contributed by atoms with E-state index < -0.39 is 0 Å². The van der Waals surface area contributed by atoms with Gasteiger partial charge in [0, 0.05) is 29.2 Å². The Morgan fingerprint density at radius 3 is 2.94 bits per heavy atom. The number of nitrogens with one attached hydrogen (secondary N) is 2. The number of nitrogens with zero attached hydrogens (tertiary/aromatic N) is 6. The van der Waals surface area contributed by atoms with Gasteiger partial charge in [-0.05, 0) is 61.8 Å². The number of fused-ring (bicyclic) bond motifs is 1. The summed E-state index contributed by atoms with van der Waals surface area (Å²) < 4.78 is 0. The van der Waals surface area contributed by atoms with Gasteiger partial charge in [0.05, 0.1) is 29.7 Å². The molecule has 2 N–H and O–H groups in total. The normalized spacial score (nSPS) is 20.4. The average molecular weight is 419 g/mol. The van der Waals surface area contributed by atoms with Gasteiger partial charge in [-0.1, -0.05) is 23.3 Å². The highest BCUT2D eigenvalue weighted by Crippen LogP contribution is 2.36. The fraction of sp³-hybridized carbons (Fsp3) is 0.455. The molecule has 0 bridgehead atoms. The Morgan fingerprint density at radius 2 is 2.16 bits per heavy atom. The van der Waals surface area contributed by atoms with E-state index >= 15 is 0 Å². The smallest absolute Gasteiger partial charge is 0.253 e. The summed E-state index contributed by atoms with van der Waals surface area (Å²) in [4.78, 5) is 18.9. The molecule has 1 unspecified atom stereocenters. The zero-order chi connectivity index (χ0) is 21.4. The van der Waals surface area contributed by atoms with Crippen LogP contribution in [-0.4, -0.2) is 46.2 Å². The van der Waals surface area contributed by atoms with Gasteiger partial charge in [0.2, 0.25) is 0 Å². The van der Waals surface area contributed by atoms with Crippen molar-refractivity contribution in [3.63, 3.8) is 0 Å². The van der Waals surface area contributed by atoms with Gasteiger partial charge >= 0.3 is 0 Å². The van der Waals surface area contributed by atoms with Crippen molar-refractivity contribution in [1.82, 2.24) is 20.5 Å². The number of carbonyl (C=O) groups is 1. The highest BCUT2D eigenvalue weighted by atomic mass is 16.2. The predicted octanol–water partition coefficient (Wildman–Crippen LogP) is 3.16. The molecule has 1 aliphatic heterocycles. The highest BCUT2D eigenvalue weighted by Gasteiger charge is 2.42. The third-order valence-electron chi connectivity index (χ3n) is 6.49. The van der Waals surface area contributed by atoms with Crippen LogP contribution in [0.15, 0.2) is 46.8 Å². The van der Waals surface area contributed by atoms with E-state index in [1.807, 2.05) is 42.4 Å². The van der Waals surface area contributed by atoms with E-state index in [-0.39, 0.29) is 18.5 Å². The molecule has 1 fully saturated rings. The average Bonchev–Trinajstić information content (AvgIpc) is 3.34. The molecule has 3 aliphatic rings. The number of aromatic nitrogens is 2. The fourth-order valence-electron chi connectivity index (χ4n) is 4.77. The quantitative estimate of drug-likeness (QED) is 0.426. The first kappa shape index (κ1) is 19.7. The van der Waals surface area contributed by atoms with Crippen molar-refractivity contribution in [3.8, 4) is 0 Å². The van der Waals surface area contributed by atoms with Crippen LogP contribution in [0.1, 0.15) is 36.1 Å². The Labute approximate surface area is 180 Å². The number of azide groups is 1. The van der Waals surface area contributed by atoms with E-state index in [1.54, 1.807) is 0 Å². The van der Waals surface area contributed by atoms with Crippen molar-refractivity contribution in [2.45, 2.75) is 51.1 Å². The van der Waals surface area contributed by atoms with Gasteiger partial charge in [0.15, 0.2) is 0 Å². The summed E-state index contributed by atoms with van der Waals surface area (Å²) in [5, 5.41) is 13.0. The first-order chi connectivity index (χ1) is 15.2. The molecule has 160 valence electrons. The minimum absolute atomic E-state index is 0.0613. The largest absolute Gasteiger partial charge is 0.333 e. The van der Waals surface area contributed by atoms with Gasteiger partial charge < -0.3 is 4.90 Å². The Kier molecular flexibility index (Phi) is 5.13. The standard InChI is InChI=1S/C22H26N8O/c1-14-4-2-3-5-20(14)30-21(13-25-28-23)18(12-26-30)22(31)29(16-6-7-16)17-8-9-19-15(10-17)11-24-27-19/h2-5,11,16-17,26H,6-10,12-13H2,1H3,(H,24,27). The van der Waals surface area contributed by atoms with Crippen molar-refractivity contribution in [2.75, 3.05) is 18.1 Å². The van der Waals surface area contributed by atoms with Crippen molar-refractivity contribution in [3.05, 3.63) is 69.0 Å². The van der Waals surface area contributed by atoms with Gasteiger partial charge in [-0.3, -0.25) is 14.9 Å². The second-order valence-electron chi connectivity index (χ2n) is 8.49. The summed E-state index contributed by atoms with van der Waals surface area (Å²) in [6, 6.07) is 8.46. The first-order valence-electron chi connectivity index (χ1n) is 10.8. The van der Waals surface area contributed by atoms with Crippen molar-refractivity contribution < 1.29 is 4.79 Å². The third kappa shape index (κ3) is 3.66. The fourth-order valence-corrected chi connectivity index (χ4v) is 4.77. The molecule has 1 aromatic carbocycles. The maximum absolute atomic E-state index is 13.9. The number of aromatic amines is 1. The summed E-state index contributed by atoms with van der Waals surface area (Å²) in [7, 11) is 0. The predicted molar refractivity (Wildman–Crippen MR) is 117 cm³/mol. The van der Waals surface area contributed by atoms with Crippen LogP contribution in [0, 0.1) is 6.92 Å². The zero-order valence-corrected chi connectivity index (χ0v) is 17.6. The van der Waals surface area contributed by atoms with Crippen molar-refractivity contribution >= 4 is 11.6 Å². The minimum Gasteiger partial charge on any atom is -0.333 e. The minimum atomic E-state index is 0.0613. The van der Waals surface area contributed by atoms with Gasteiger partial charge in [0.1, 0.15) is 0 Å². The Morgan fingerprint density at radius 1 is 1.32 bits per heavy atom. The van der Waals surface area contributed by atoms with Crippen LogP contribution in [0.5, 0.6) is 0 Å². The maximum Gasteiger partial charge on any atom is 0.253 e. The second kappa shape index (κ2) is 8.09. The van der Waals surface area contributed by atoms with Crippen LogP contribution in [0.4, 0.5) is 5.69 Å². The van der Waals surface area contributed by atoms with Crippen LogP contribution in [0.25, 0.3) is 10.4 Å². The molecule has 31 heavy (non-hydrogen) atoms. The molecule has 2 aromatic rings. The van der Waals surface area contributed by atoms with Crippen molar-refractivity contribution in [1.29, 1.82) is 0 Å². The number of hydrogen-bond donors (Lipinski definition) is 2. The Bertz CT molecular complexity index is 1080. The molecule has 2 heterocycles. The molecule has 1 amide bonds. The number of aryl methyl sites for hydroxylation is 2. The Balaban J connectivity index is 1.48. The number of hydrazine groups is 1. The molecule has 9 heteroatoms. The number of amides is 1. The molecule has 0 spiro atoms. The molecule has 1 aromatic heterocycles. The van der Waals surface area contributed by atoms with Gasteiger partial charge in [-0.15, -0.1) is 0 Å². The summed E-state index contributed by atoms with van der Waals surface area (Å²) in [5.41, 5.74) is 18.2. The lowest BCUT2D eigenvalue weighted by molar-refractivity contribution is -0.130. The van der Waals surface area contributed by atoms with Gasteiger partial charge in [-0.2, -0.15) is 5.10 Å². The van der Waals surface area contributed by atoms with Crippen LogP contribution >= 0.6 is 0 Å². The number of hydrogen-bond acceptors (Lipinski definition) is 5.